The van der Waals surface area contributed by atoms with Crippen LogP contribution in [0.15, 0.2) is 15.9 Å². The molecule has 0 saturated carbocycles. The minimum atomic E-state index is -0.541. The highest BCUT2D eigenvalue weighted by Gasteiger charge is 2.35. The highest BCUT2D eigenvalue weighted by Crippen LogP contribution is 2.28. The summed E-state index contributed by atoms with van der Waals surface area (Å²) in [6, 6.07) is 0. The number of nitrogens with zero attached hydrogens (tertiary/aromatic N) is 5. The van der Waals surface area contributed by atoms with Crippen LogP contribution in [0.4, 0.5) is 0 Å². The van der Waals surface area contributed by atoms with Gasteiger partial charge in [-0.1, -0.05) is 6.92 Å². The maximum Gasteiger partial charge on any atom is 0.332 e. The molecule has 2 aromatic heterocycles. The number of hydrogen-bond acceptors (Lipinski definition) is 5. The van der Waals surface area contributed by atoms with Crippen LogP contribution in [0, 0.1) is 5.41 Å². The normalized spacial score (nSPS) is 20.9. The summed E-state index contributed by atoms with van der Waals surface area (Å²) in [5.41, 5.74) is 5.24. The lowest BCUT2D eigenvalue weighted by Crippen LogP contribution is -2.44. The van der Waals surface area contributed by atoms with Gasteiger partial charge in [-0.25, -0.2) is 14.3 Å². The van der Waals surface area contributed by atoms with Gasteiger partial charge in [0.15, 0.2) is 11.2 Å². The average Bonchev–Trinajstić information content (AvgIpc) is 3.13. The van der Waals surface area contributed by atoms with Crippen LogP contribution in [0.25, 0.3) is 11.2 Å². The third-order valence-corrected chi connectivity index (χ3v) is 4.90. The van der Waals surface area contributed by atoms with Gasteiger partial charge in [0.25, 0.3) is 5.56 Å². The summed E-state index contributed by atoms with van der Waals surface area (Å²) < 4.78 is 3.82. The van der Waals surface area contributed by atoms with Gasteiger partial charge in [-0.05, 0) is 18.4 Å². The number of fused-ring (bicyclic) bond motifs is 1. The quantitative estimate of drug-likeness (QED) is 0.745. The predicted molar refractivity (Wildman–Crippen MR) is 88.6 cm³/mol. The van der Waals surface area contributed by atoms with E-state index in [0.717, 1.165) is 11.0 Å². The number of amides is 1. The maximum absolute atomic E-state index is 12.6. The number of aryl methyl sites for hydroxylation is 2. The van der Waals surface area contributed by atoms with Crippen LogP contribution in [0.5, 0.6) is 0 Å². The van der Waals surface area contributed by atoms with Crippen LogP contribution in [0.3, 0.4) is 0 Å². The second-order valence-electron chi connectivity index (χ2n) is 6.84. The second-order valence-corrected chi connectivity index (χ2v) is 6.84. The number of carbonyl (C=O) groups excluding carboxylic acids is 1. The molecule has 1 unspecified atom stereocenters. The Balaban J connectivity index is 1.96. The van der Waals surface area contributed by atoms with Crippen LogP contribution in [0.1, 0.15) is 13.3 Å². The van der Waals surface area contributed by atoms with Crippen LogP contribution < -0.4 is 17.0 Å². The smallest absolute Gasteiger partial charge is 0.332 e. The summed E-state index contributed by atoms with van der Waals surface area (Å²) in [6.45, 7) is 3.40. The van der Waals surface area contributed by atoms with E-state index in [0.29, 0.717) is 30.8 Å². The van der Waals surface area contributed by atoms with Crippen LogP contribution in [-0.4, -0.2) is 49.1 Å². The second kappa shape index (κ2) is 5.59. The number of nitrogens with two attached hydrogens (primary N) is 1. The van der Waals surface area contributed by atoms with Gasteiger partial charge in [0.1, 0.15) is 6.54 Å². The van der Waals surface area contributed by atoms with E-state index in [4.69, 9.17) is 5.73 Å². The Kier molecular flexibility index (Phi) is 3.83. The molecule has 0 aromatic carbocycles. The number of rotatable bonds is 3. The SMILES string of the molecule is Cn1cnc2c1c(=O)n(CC(=O)N1CCC(C)(CN)C1)c(=O)n2C. The molecule has 24 heavy (non-hydrogen) atoms. The van der Waals surface area contributed by atoms with Crippen molar-refractivity contribution in [2.75, 3.05) is 19.6 Å². The molecule has 1 atom stereocenters. The lowest BCUT2D eigenvalue weighted by molar-refractivity contribution is -0.131. The molecule has 0 aliphatic carbocycles. The lowest BCUT2D eigenvalue weighted by Gasteiger charge is -2.22. The topological polar surface area (TPSA) is 108 Å². The van der Waals surface area contributed by atoms with Crippen molar-refractivity contribution in [3.8, 4) is 0 Å². The molecule has 3 heterocycles. The van der Waals surface area contributed by atoms with E-state index in [2.05, 4.69) is 4.98 Å². The van der Waals surface area contributed by atoms with Gasteiger partial charge in [0.05, 0.1) is 6.33 Å². The predicted octanol–water partition coefficient (Wildman–Crippen LogP) is -1.37. The van der Waals surface area contributed by atoms with Gasteiger partial charge in [0.2, 0.25) is 5.91 Å². The Bertz CT molecular complexity index is 924. The number of carbonyl (C=O) groups is 1. The first kappa shape index (κ1) is 16.4. The number of hydrogen-bond donors (Lipinski definition) is 1. The summed E-state index contributed by atoms with van der Waals surface area (Å²) >= 11 is 0. The van der Waals surface area contributed by atoms with E-state index in [1.165, 1.54) is 10.9 Å². The summed E-state index contributed by atoms with van der Waals surface area (Å²) in [5.74, 6) is -0.243. The zero-order valence-corrected chi connectivity index (χ0v) is 14.2. The molecule has 1 aliphatic heterocycles. The first-order valence-corrected chi connectivity index (χ1v) is 7.86. The van der Waals surface area contributed by atoms with Crippen LogP contribution in [0.2, 0.25) is 0 Å². The van der Waals surface area contributed by atoms with E-state index in [9.17, 15) is 14.4 Å². The molecule has 2 N–H and O–H groups in total. The van der Waals surface area contributed by atoms with E-state index in [-0.39, 0.29) is 17.9 Å². The highest BCUT2D eigenvalue weighted by molar-refractivity contribution is 5.77. The molecule has 1 saturated heterocycles. The standard InChI is InChI=1S/C15H22N6O3/c1-15(7-16)4-5-20(8-15)10(22)6-21-13(23)11-12(17-9-18(11)2)19(3)14(21)24/h9H,4-8,16H2,1-3H3. The molecule has 9 heteroatoms. The van der Waals surface area contributed by atoms with Crippen molar-refractivity contribution < 1.29 is 4.79 Å². The molecular weight excluding hydrogens is 312 g/mol. The molecule has 1 aliphatic rings. The van der Waals surface area contributed by atoms with Crippen molar-refractivity contribution in [1.29, 1.82) is 0 Å². The molecule has 3 rings (SSSR count). The third-order valence-electron chi connectivity index (χ3n) is 4.90. The van der Waals surface area contributed by atoms with Crippen molar-refractivity contribution >= 4 is 17.1 Å². The Morgan fingerprint density at radius 2 is 2.08 bits per heavy atom. The average molecular weight is 334 g/mol. The molecule has 9 nitrogen and oxygen atoms in total. The molecule has 1 fully saturated rings. The fourth-order valence-electron chi connectivity index (χ4n) is 3.17. The van der Waals surface area contributed by atoms with E-state index in [1.807, 2.05) is 6.92 Å². The zero-order chi connectivity index (χ0) is 17.6. The monoisotopic (exact) mass is 334 g/mol. The summed E-state index contributed by atoms with van der Waals surface area (Å²) in [7, 11) is 3.22. The minimum absolute atomic E-state index is 0.0996. The maximum atomic E-state index is 12.6. The first-order chi connectivity index (χ1) is 11.3. The minimum Gasteiger partial charge on any atom is -0.341 e. The fourth-order valence-corrected chi connectivity index (χ4v) is 3.17. The molecule has 0 bridgehead atoms. The molecule has 0 spiro atoms. The lowest BCUT2D eigenvalue weighted by atomic mass is 9.90. The number of likely N-dealkylation sites (tertiary alicyclic amines) is 1. The first-order valence-electron chi connectivity index (χ1n) is 7.86. The Morgan fingerprint density at radius 3 is 2.71 bits per heavy atom. The fraction of sp³-hybridized carbons (Fsp3) is 0.600. The van der Waals surface area contributed by atoms with Gasteiger partial charge in [-0.2, -0.15) is 0 Å². The molecule has 130 valence electrons. The Labute approximate surface area is 138 Å². The van der Waals surface area contributed by atoms with Crippen molar-refractivity contribution in [2.45, 2.75) is 19.9 Å². The van der Waals surface area contributed by atoms with E-state index in [1.54, 1.807) is 23.6 Å². The van der Waals surface area contributed by atoms with Crippen molar-refractivity contribution in [3.63, 3.8) is 0 Å². The number of aromatic nitrogens is 4. The van der Waals surface area contributed by atoms with E-state index < -0.39 is 11.2 Å². The zero-order valence-electron chi connectivity index (χ0n) is 14.2. The Hall–Kier alpha value is -2.42. The van der Waals surface area contributed by atoms with Crippen molar-refractivity contribution in [3.05, 3.63) is 27.2 Å². The number of imidazole rings is 1. The highest BCUT2D eigenvalue weighted by atomic mass is 16.2. The van der Waals surface area contributed by atoms with Gasteiger partial charge in [-0.3, -0.25) is 14.2 Å². The molecular formula is C15H22N6O3. The van der Waals surface area contributed by atoms with Crippen LogP contribution in [-0.2, 0) is 25.4 Å². The summed E-state index contributed by atoms with van der Waals surface area (Å²) in [5, 5.41) is 0. The molecule has 0 radical (unpaired) electrons. The van der Waals surface area contributed by atoms with Gasteiger partial charge in [-0.15, -0.1) is 0 Å². The largest absolute Gasteiger partial charge is 0.341 e. The summed E-state index contributed by atoms with van der Waals surface area (Å²) in [6.07, 6.45) is 2.30. The van der Waals surface area contributed by atoms with Crippen molar-refractivity contribution in [2.24, 2.45) is 25.2 Å². The van der Waals surface area contributed by atoms with E-state index >= 15 is 0 Å². The third kappa shape index (κ3) is 2.44. The van der Waals surface area contributed by atoms with Crippen molar-refractivity contribution in [1.82, 2.24) is 23.6 Å². The Morgan fingerprint density at radius 1 is 1.38 bits per heavy atom. The molecule has 1 amide bonds. The summed E-state index contributed by atoms with van der Waals surface area (Å²) in [4.78, 5) is 43.3. The van der Waals surface area contributed by atoms with Crippen LogP contribution >= 0.6 is 0 Å². The van der Waals surface area contributed by atoms with Gasteiger partial charge < -0.3 is 15.2 Å². The van der Waals surface area contributed by atoms with Gasteiger partial charge in [0, 0.05) is 27.2 Å². The molecule has 2 aromatic rings. The van der Waals surface area contributed by atoms with Gasteiger partial charge >= 0.3 is 5.69 Å².